The van der Waals surface area contributed by atoms with Gasteiger partial charge in [0.15, 0.2) is 0 Å². The van der Waals surface area contributed by atoms with Crippen LogP contribution >= 0.6 is 0 Å². The average Bonchev–Trinajstić information content (AvgIpc) is 2.52. The van der Waals surface area contributed by atoms with E-state index >= 15 is 0 Å². The molecule has 0 aliphatic heterocycles. The van der Waals surface area contributed by atoms with E-state index < -0.39 is 5.97 Å². The molecule has 0 spiro atoms. The molecular formula is C16H18O5. The van der Waals surface area contributed by atoms with Gasteiger partial charge < -0.3 is 14.2 Å². The quantitative estimate of drug-likeness (QED) is 0.594. The summed E-state index contributed by atoms with van der Waals surface area (Å²) in [6.45, 7) is 1.94. The third-order valence-corrected chi connectivity index (χ3v) is 2.64. The summed E-state index contributed by atoms with van der Waals surface area (Å²) < 4.78 is 14.6. The van der Waals surface area contributed by atoms with Crippen molar-refractivity contribution in [1.29, 1.82) is 0 Å². The van der Waals surface area contributed by atoms with Gasteiger partial charge in [-0.3, -0.25) is 0 Å². The summed E-state index contributed by atoms with van der Waals surface area (Å²) in [7, 11) is 2.66. The lowest BCUT2D eigenvalue weighted by molar-refractivity contribution is -0.136. The molecule has 0 aromatic heterocycles. The molecule has 0 unspecified atom stereocenters. The fourth-order valence-electron chi connectivity index (χ4n) is 1.41. The van der Waals surface area contributed by atoms with E-state index in [1.165, 1.54) is 20.3 Å². The van der Waals surface area contributed by atoms with Crippen molar-refractivity contribution in [3.05, 3.63) is 47.6 Å². The molecule has 0 saturated heterocycles. The van der Waals surface area contributed by atoms with Crippen molar-refractivity contribution in [3.8, 4) is 5.75 Å². The summed E-state index contributed by atoms with van der Waals surface area (Å²) in [5, 5.41) is 0. The van der Waals surface area contributed by atoms with Crippen LogP contribution in [0.4, 0.5) is 0 Å². The molecule has 5 heteroatoms. The highest BCUT2D eigenvalue weighted by Crippen LogP contribution is 2.13. The molecule has 0 bridgehead atoms. The van der Waals surface area contributed by atoms with Crippen molar-refractivity contribution in [1.82, 2.24) is 0 Å². The lowest BCUT2D eigenvalue weighted by Crippen LogP contribution is -2.04. The summed E-state index contributed by atoms with van der Waals surface area (Å²) in [6, 6.07) is 7.17. The second-order valence-electron chi connectivity index (χ2n) is 4.12. The third-order valence-electron chi connectivity index (χ3n) is 2.64. The van der Waals surface area contributed by atoms with Gasteiger partial charge in [0.2, 0.25) is 0 Å². The van der Waals surface area contributed by atoms with Gasteiger partial charge in [-0.2, -0.15) is 0 Å². The van der Waals surface area contributed by atoms with Crippen molar-refractivity contribution in [2.45, 2.75) is 6.92 Å². The maximum absolute atomic E-state index is 11.2. The monoisotopic (exact) mass is 290 g/mol. The van der Waals surface area contributed by atoms with E-state index in [-0.39, 0.29) is 12.6 Å². The Morgan fingerprint density at radius 1 is 1.10 bits per heavy atom. The number of hydrogen-bond acceptors (Lipinski definition) is 5. The number of ether oxygens (including phenoxy) is 3. The minimum atomic E-state index is -0.404. The van der Waals surface area contributed by atoms with Crippen LogP contribution in [-0.4, -0.2) is 32.8 Å². The van der Waals surface area contributed by atoms with Crippen molar-refractivity contribution in [2.75, 3.05) is 20.8 Å². The van der Waals surface area contributed by atoms with Gasteiger partial charge in [0, 0.05) is 11.6 Å². The van der Waals surface area contributed by atoms with E-state index in [0.29, 0.717) is 11.3 Å². The highest BCUT2D eigenvalue weighted by molar-refractivity contribution is 5.87. The van der Waals surface area contributed by atoms with Gasteiger partial charge in [-0.15, -0.1) is 0 Å². The average molecular weight is 290 g/mol. The highest BCUT2D eigenvalue weighted by Gasteiger charge is 2.01. The third kappa shape index (κ3) is 5.95. The minimum Gasteiger partial charge on any atom is -0.490 e. The molecule has 5 nitrogen and oxygen atoms in total. The Kier molecular flexibility index (Phi) is 6.74. The Morgan fingerprint density at radius 3 is 2.33 bits per heavy atom. The molecule has 21 heavy (non-hydrogen) atoms. The fraction of sp³-hybridized carbons (Fsp3) is 0.250. The molecule has 0 amide bonds. The molecular weight excluding hydrogens is 272 g/mol. The molecule has 0 heterocycles. The molecule has 0 aliphatic rings. The maximum atomic E-state index is 11.2. The molecule has 0 radical (unpaired) electrons. The molecule has 0 N–H and O–H groups in total. The van der Waals surface area contributed by atoms with Crippen LogP contribution in [0.1, 0.15) is 12.5 Å². The van der Waals surface area contributed by atoms with Crippen LogP contribution in [0.15, 0.2) is 42.0 Å². The molecule has 0 saturated carbocycles. The van der Waals surface area contributed by atoms with Gasteiger partial charge >= 0.3 is 11.9 Å². The molecule has 0 fully saturated rings. The predicted molar refractivity (Wildman–Crippen MR) is 78.8 cm³/mol. The van der Waals surface area contributed by atoms with Crippen LogP contribution in [0.5, 0.6) is 5.75 Å². The lowest BCUT2D eigenvalue weighted by atomic mass is 10.2. The van der Waals surface area contributed by atoms with Gasteiger partial charge in [-0.25, -0.2) is 9.59 Å². The first-order valence-corrected chi connectivity index (χ1v) is 6.30. The number of benzene rings is 1. The molecule has 0 aliphatic carbocycles. The smallest absolute Gasteiger partial charge is 0.333 e. The standard InChI is InChI=1S/C16H18O5/c1-12(16(18)20-3)10-11-21-14-7-4-13(5-8-14)6-9-15(17)19-2/h4-10H,11H2,1-3H3/b9-6+,12-10+. The molecule has 1 aromatic rings. The predicted octanol–water partition coefficient (Wildman–Crippen LogP) is 2.37. The van der Waals surface area contributed by atoms with Crippen LogP contribution in [0.25, 0.3) is 6.08 Å². The van der Waals surface area contributed by atoms with Crippen molar-refractivity contribution >= 4 is 18.0 Å². The lowest BCUT2D eigenvalue weighted by Gasteiger charge is -2.04. The van der Waals surface area contributed by atoms with Gasteiger partial charge in [-0.1, -0.05) is 12.1 Å². The van der Waals surface area contributed by atoms with Gasteiger partial charge in [0.25, 0.3) is 0 Å². The second kappa shape index (κ2) is 8.58. The van der Waals surface area contributed by atoms with E-state index in [9.17, 15) is 9.59 Å². The van der Waals surface area contributed by atoms with E-state index in [1.54, 1.807) is 31.2 Å². The summed E-state index contributed by atoms with van der Waals surface area (Å²) in [6.07, 6.45) is 4.64. The SMILES string of the molecule is COC(=O)/C=C/c1ccc(OC/C=C(\C)C(=O)OC)cc1. The zero-order valence-electron chi connectivity index (χ0n) is 12.3. The summed E-state index contributed by atoms with van der Waals surface area (Å²) >= 11 is 0. The van der Waals surface area contributed by atoms with E-state index in [0.717, 1.165) is 5.56 Å². The fourth-order valence-corrected chi connectivity index (χ4v) is 1.41. The first kappa shape index (κ1) is 16.5. The Bertz CT molecular complexity index is 540. The largest absolute Gasteiger partial charge is 0.490 e. The molecule has 112 valence electrons. The number of esters is 2. The zero-order chi connectivity index (χ0) is 15.7. The highest BCUT2D eigenvalue weighted by atomic mass is 16.5. The topological polar surface area (TPSA) is 61.8 Å². The molecule has 0 atom stereocenters. The number of methoxy groups -OCH3 is 2. The summed E-state index contributed by atoms with van der Waals surface area (Å²) in [4.78, 5) is 22.1. The number of rotatable bonds is 6. The summed E-state index contributed by atoms with van der Waals surface area (Å²) in [5.41, 5.74) is 1.35. The van der Waals surface area contributed by atoms with Crippen molar-refractivity contribution < 1.29 is 23.8 Å². The van der Waals surface area contributed by atoms with Crippen LogP contribution < -0.4 is 4.74 Å². The summed E-state index contributed by atoms with van der Waals surface area (Å²) in [5.74, 6) is -0.111. The van der Waals surface area contributed by atoms with E-state index in [2.05, 4.69) is 9.47 Å². The van der Waals surface area contributed by atoms with Crippen LogP contribution in [0, 0.1) is 0 Å². The number of hydrogen-bond donors (Lipinski definition) is 0. The maximum Gasteiger partial charge on any atom is 0.333 e. The van der Waals surface area contributed by atoms with Gasteiger partial charge in [0.05, 0.1) is 14.2 Å². The van der Waals surface area contributed by atoms with Gasteiger partial charge in [-0.05, 0) is 36.8 Å². The first-order valence-electron chi connectivity index (χ1n) is 6.30. The Morgan fingerprint density at radius 2 is 1.76 bits per heavy atom. The minimum absolute atomic E-state index is 0.276. The Hall–Kier alpha value is -2.56. The Labute approximate surface area is 123 Å². The Balaban J connectivity index is 2.54. The zero-order valence-corrected chi connectivity index (χ0v) is 12.3. The van der Waals surface area contributed by atoms with Gasteiger partial charge in [0.1, 0.15) is 12.4 Å². The number of carbonyl (C=O) groups excluding carboxylic acids is 2. The second-order valence-corrected chi connectivity index (χ2v) is 4.12. The van der Waals surface area contributed by atoms with Crippen LogP contribution in [-0.2, 0) is 19.1 Å². The molecule has 1 aromatic carbocycles. The van der Waals surface area contributed by atoms with Crippen LogP contribution in [0.3, 0.4) is 0 Å². The molecule has 1 rings (SSSR count). The van der Waals surface area contributed by atoms with Crippen molar-refractivity contribution in [2.24, 2.45) is 0 Å². The van der Waals surface area contributed by atoms with Crippen molar-refractivity contribution in [3.63, 3.8) is 0 Å². The van der Waals surface area contributed by atoms with E-state index in [4.69, 9.17) is 4.74 Å². The normalized spacial score (nSPS) is 11.3. The van der Waals surface area contributed by atoms with Crippen LogP contribution in [0.2, 0.25) is 0 Å². The van der Waals surface area contributed by atoms with E-state index in [1.807, 2.05) is 12.1 Å². The first-order chi connectivity index (χ1) is 10.1. The number of carbonyl (C=O) groups is 2.